The van der Waals surface area contributed by atoms with Gasteiger partial charge in [-0.25, -0.2) is 14.4 Å². The Balaban J connectivity index is 1.51. The molecule has 1 aromatic carbocycles. The molecule has 41 heavy (non-hydrogen) atoms. The summed E-state index contributed by atoms with van der Waals surface area (Å²) >= 11 is 6.26. The summed E-state index contributed by atoms with van der Waals surface area (Å²) in [6, 6.07) is 9.06. The van der Waals surface area contributed by atoms with Crippen LogP contribution in [-0.4, -0.2) is 26.3 Å². The second kappa shape index (κ2) is 12.6. The lowest BCUT2D eigenvalue weighted by Crippen LogP contribution is -2.27. The summed E-state index contributed by atoms with van der Waals surface area (Å²) in [4.78, 5) is 32.2. The quantitative estimate of drug-likeness (QED) is 0.237. The summed E-state index contributed by atoms with van der Waals surface area (Å²) in [5, 5.41) is 4.76. The van der Waals surface area contributed by atoms with Crippen LogP contribution in [0.3, 0.4) is 0 Å². The predicted molar refractivity (Wildman–Crippen MR) is 144 cm³/mol. The lowest BCUT2D eigenvalue weighted by molar-refractivity contribution is -0.142. The summed E-state index contributed by atoms with van der Waals surface area (Å²) in [6.07, 6.45) is 2.91. The Hall–Kier alpha value is -4.71. The Morgan fingerprint density at radius 2 is 1.78 bits per heavy atom. The van der Waals surface area contributed by atoms with Crippen molar-refractivity contribution in [3.63, 3.8) is 0 Å². The van der Waals surface area contributed by atoms with E-state index in [0.29, 0.717) is 6.42 Å². The molecule has 13 heteroatoms. The molecule has 212 valence electrons. The number of hydrogen-bond acceptors (Lipinski definition) is 5. The summed E-state index contributed by atoms with van der Waals surface area (Å²) in [5.41, 5.74) is -1.69. The van der Waals surface area contributed by atoms with E-state index in [0.717, 1.165) is 23.0 Å². The van der Waals surface area contributed by atoms with Gasteiger partial charge >= 0.3 is 6.18 Å². The van der Waals surface area contributed by atoms with E-state index in [2.05, 4.69) is 27.2 Å². The Morgan fingerprint density at radius 3 is 2.49 bits per heavy atom. The maximum Gasteiger partial charge on any atom is 0.434 e. The van der Waals surface area contributed by atoms with Gasteiger partial charge in [-0.15, -0.1) is 0 Å². The number of aromatic nitrogens is 3. The lowest BCUT2D eigenvalue weighted by atomic mass is 10.2. The minimum absolute atomic E-state index is 0.0123. The number of ether oxygens (including phenoxy) is 1. The fraction of sp³-hybridized carbons (Fsp3) is 0.143. The monoisotopic (exact) mass is 587 g/mol. The third-order valence-corrected chi connectivity index (χ3v) is 6.05. The number of carbonyl (C=O) groups is 2. The molecule has 0 unspecified atom stereocenters. The zero-order chi connectivity index (χ0) is 29.6. The van der Waals surface area contributed by atoms with Crippen molar-refractivity contribution in [1.29, 1.82) is 0 Å². The average Bonchev–Trinajstić information content (AvgIpc) is 3.43. The fourth-order valence-corrected chi connectivity index (χ4v) is 4.00. The largest absolute Gasteiger partial charge is 0.453 e. The number of nitrogens with zero attached hydrogens (tertiary/aromatic N) is 3. The number of carbonyl (C=O) groups excluding carboxylic acids is 2. The maximum absolute atomic E-state index is 15.1. The van der Waals surface area contributed by atoms with Crippen molar-refractivity contribution in [2.45, 2.75) is 25.4 Å². The molecule has 3 aromatic rings. The van der Waals surface area contributed by atoms with Crippen LogP contribution in [0.4, 0.5) is 23.4 Å². The first kappa shape index (κ1) is 29.3. The molecule has 1 aliphatic rings. The molecule has 0 fully saturated rings. The molecule has 2 heterocycles. The number of amides is 2. The van der Waals surface area contributed by atoms with E-state index < -0.39 is 35.2 Å². The van der Waals surface area contributed by atoms with Gasteiger partial charge in [-0.05, 0) is 43.2 Å². The van der Waals surface area contributed by atoms with Crippen molar-refractivity contribution in [2.24, 2.45) is 0 Å². The van der Waals surface area contributed by atoms with E-state index in [1.807, 2.05) is 0 Å². The first-order chi connectivity index (χ1) is 19.6. The number of anilines is 1. The number of hydrogen-bond donors (Lipinski definition) is 2. The molecule has 4 rings (SSSR count). The van der Waals surface area contributed by atoms with Gasteiger partial charge in [0.1, 0.15) is 11.3 Å². The highest BCUT2D eigenvalue weighted by Crippen LogP contribution is 2.35. The van der Waals surface area contributed by atoms with Crippen LogP contribution >= 0.6 is 11.6 Å². The number of para-hydroxylation sites is 1. The van der Waals surface area contributed by atoms with E-state index in [4.69, 9.17) is 16.3 Å². The minimum Gasteiger partial charge on any atom is -0.453 e. The minimum atomic E-state index is -4.88. The molecule has 0 spiro atoms. The maximum atomic E-state index is 15.1. The first-order valence-corrected chi connectivity index (χ1v) is 12.5. The zero-order valence-electron chi connectivity index (χ0n) is 21.2. The van der Waals surface area contributed by atoms with Crippen LogP contribution in [0.15, 0.2) is 97.1 Å². The summed E-state index contributed by atoms with van der Waals surface area (Å²) < 4.78 is 63.5. The number of nitrogens with one attached hydrogen (secondary N) is 2. The molecule has 0 saturated heterocycles. The van der Waals surface area contributed by atoms with E-state index >= 15 is 4.39 Å². The van der Waals surface area contributed by atoms with Crippen LogP contribution in [0.1, 0.15) is 35.4 Å². The van der Waals surface area contributed by atoms with Gasteiger partial charge < -0.3 is 15.4 Å². The number of rotatable bonds is 7. The lowest BCUT2D eigenvalue weighted by Gasteiger charge is -2.14. The Labute approximate surface area is 236 Å². The standard InChI is InChI=1S/C28H22ClF4N5O3/c1-2-22(39)37-26-23(29)21(14-15-34-26)41-20-11-7-6-8-17(12-13-19(20)30)36-27(40)24-25(28(31,32)33)38(16-35-24)18-9-4-3-5-10-18/h2-5,8-11,13-16H,1,6-7,12H2,(H,36,40)(H,34,37,39)/b17-8+,19-13?,20-11?. The Bertz CT molecular complexity index is 1560. The van der Waals surface area contributed by atoms with E-state index in [1.165, 1.54) is 30.5 Å². The van der Waals surface area contributed by atoms with Gasteiger partial charge in [-0.3, -0.25) is 14.2 Å². The molecule has 0 saturated carbocycles. The summed E-state index contributed by atoms with van der Waals surface area (Å²) in [7, 11) is 0. The average molecular weight is 588 g/mol. The van der Waals surface area contributed by atoms with E-state index in [1.54, 1.807) is 24.3 Å². The van der Waals surface area contributed by atoms with Crippen molar-refractivity contribution >= 4 is 29.2 Å². The second-order valence-electron chi connectivity index (χ2n) is 8.50. The van der Waals surface area contributed by atoms with Gasteiger partial charge in [-0.2, -0.15) is 13.2 Å². The topological polar surface area (TPSA) is 98.1 Å². The molecular weight excluding hydrogens is 566 g/mol. The van der Waals surface area contributed by atoms with Crippen LogP contribution in [0.5, 0.6) is 5.75 Å². The highest BCUT2D eigenvalue weighted by molar-refractivity contribution is 6.35. The smallest absolute Gasteiger partial charge is 0.434 e. The van der Waals surface area contributed by atoms with Crippen LogP contribution in [-0.2, 0) is 11.0 Å². The molecule has 0 atom stereocenters. The molecule has 2 amide bonds. The number of pyridine rings is 1. The molecule has 0 radical (unpaired) electrons. The molecule has 0 aliphatic heterocycles. The van der Waals surface area contributed by atoms with Crippen molar-refractivity contribution in [3.05, 3.63) is 113 Å². The second-order valence-corrected chi connectivity index (χ2v) is 8.88. The van der Waals surface area contributed by atoms with Crippen molar-refractivity contribution < 1.29 is 31.9 Å². The SMILES string of the molecule is C=CC(=O)Nc1nccc(OC2=CCC/C=C(/NC(=O)c3ncn(-c4ccccc4)c3C(F)(F)F)CC=C2F)c1Cl. The van der Waals surface area contributed by atoms with E-state index in [-0.39, 0.29) is 46.6 Å². The predicted octanol–water partition coefficient (Wildman–Crippen LogP) is 6.68. The molecule has 8 nitrogen and oxygen atoms in total. The van der Waals surface area contributed by atoms with Gasteiger partial charge in [-0.1, -0.05) is 42.5 Å². The number of halogens is 5. The van der Waals surface area contributed by atoms with Gasteiger partial charge in [0.05, 0.1) is 0 Å². The zero-order valence-corrected chi connectivity index (χ0v) is 22.0. The third-order valence-electron chi connectivity index (χ3n) is 5.68. The normalized spacial score (nSPS) is 15.2. The molecule has 1 aliphatic carbocycles. The number of benzene rings is 1. The number of alkyl halides is 3. The van der Waals surface area contributed by atoms with Crippen LogP contribution in [0.2, 0.25) is 5.02 Å². The van der Waals surface area contributed by atoms with Gasteiger partial charge in [0.15, 0.2) is 34.5 Å². The third kappa shape index (κ3) is 7.09. The Morgan fingerprint density at radius 1 is 1.05 bits per heavy atom. The van der Waals surface area contributed by atoms with Gasteiger partial charge in [0.25, 0.3) is 5.91 Å². The highest BCUT2D eigenvalue weighted by atomic mass is 35.5. The first-order valence-electron chi connectivity index (χ1n) is 12.1. The van der Waals surface area contributed by atoms with Crippen LogP contribution < -0.4 is 15.4 Å². The van der Waals surface area contributed by atoms with E-state index in [9.17, 15) is 22.8 Å². The fourth-order valence-electron chi connectivity index (χ4n) is 3.80. The Kier molecular flexibility index (Phi) is 9.03. The molecule has 2 aromatic heterocycles. The summed E-state index contributed by atoms with van der Waals surface area (Å²) in [6.45, 7) is 3.34. The van der Waals surface area contributed by atoms with Crippen molar-refractivity contribution in [3.8, 4) is 11.4 Å². The number of imidazole rings is 1. The van der Waals surface area contributed by atoms with Crippen LogP contribution in [0, 0.1) is 0 Å². The van der Waals surface area contributed by atoms with Gasteiger partial charge in [0, 0.05) is 30.1 Å². The van der Waals surface area contributed by atoms with Crippen molar-refractivity contribution in [2.75, 3.05) is 5.32 Å². The molecule has 0 bridgehead atoms. The highest BCUT2D eigenvalue weighted by Gasteiger charge is 2.40. The van der Waals surface area contributed by atoms with Crippen LogP contribution in [0.25, 0.3) is 5.69 Å². The molecular formula is C28H22ClF4N5O3. The van der Waals surface area contributed by atoms with Crippen molar-refractivity contribution in [1.82, 2.24) is 19.9 Å². The molecule has 2 N–H and O–H groups in total. The summed E-state index contributed by atoms with van der Waals surface area (Å²) in [5.74, 6) is -2.62. The number of allylic oxidation sites excluding steroid dienone is 4. The van der Waals surface area contributed by atoms with Gasteiger partial charge in [0.2, 0.25) is 5.91 Å².